The molecule has 0 N–H and O–H groups in total. The van der Waals surface area contributed by atoms with E-state index >= 15 is 0 Å². The normalized spacial score (nSPS) is 11.6. The van der Waals surface area contributed by atoms with Gasteiger partial charge in [-0.25, -0.2) is 9.67 Å². The highest BCUT2D eigenvalue weighted by Crippen LogP contribution is 2.30. The summed E-state index contributed by atoms with van der Waals surface area (Å²) >= 11 is 3.42. The first-order chi connectivity index (χ1) is 13.4. The van der Waals surface area contributed by atoms with Gasteiger partial charge in [0.05, 0.1) is 5.69 Å². The second-order valence-corrected chi connectivity index (χ2v) is 6.86. The Hall–Kier alpha value is -3.00. The molecule has 2 aromatic heterocycles. The van der Waals surface area contributed by atoms with E-state index < -0.39 is 11.9 Å². The molecule has 2 aromatic carbocycles. The van der Waals surface area contributed by atoms with Crippen LogP contribution < -0.4 is 0 Å². The number of alkyl halides is 3. The average molecular weight is 445 g/mol. The number of hydrogen-bond acceptors (Lipinski definition) is 3. The van der Waals surface area contributed by atoms with Crippen molar-refractivity contribution in [1.29, 1.82) is 0 Å². The van der Waals surface area contributed by atoms with E-state index in [2.05, 4.69) is 31.0 Å². The first kappa shape index (κ1) is 18.4. The Balaban J connectivity index is 1.85. The molecule has 0 saturated heterocycles. The van der Waals surface area contributed by atoms with E-state index in [4.69, 9.17) is 0 Å². The van der Waals surface area contributed by atoms with Gasteiger partial charge in [0, 0.05) is 21.8 Å². The van der Waals surface area contributed by atoms with Gasteiger partial charge in [-0.1, -0.05) is 46.3 Å². The molecule has 28 heavy (non-hydrogen) atoms. The van der Waals surface area contributed by atoms with Gasteiger partial charge in [-0.2, -0.15) is 13.2 Å². The molecule has 0 amide bonds. The summed E-state index contributed by atoms with van der Waals surface area (Å²) in [6.07, 6.45) is -3.33. The fraction of sp³-hybridized carbons (Fsp3) is 0.0500. The Morgan fingerprint density at radius 2 is 1.64 bits per heavy atom. The average Bonchev–Trinajstić information content (AvgIpc) is 3.14. The van der Waals surface area contributed by atoms with E-state index in [-0.39, 0.29) is 0 Å². The van der Waals surface area contributed by atoms with Crippen molar-refractivity contribution in [2.75, 3.05) is 0 Å². The fourth-order valence-corrected chi connectivity index (χ4v) is 3.09. The number of nitrogens with zero attached hydrogens (tertiary/aromatic N) is 4. The number of pyridine rings is 1. The highest BCUT2D eigenvalue weighted by Gasteiger charge is 2.32. The summed E-state index contributed by atoms with van der Waals surface area (Å²) in [5.74, 6) is 0.863. The third-order valence-corrected chi connectivity index (χ3v) is 4.50. The largest absolute Gasteiger partial charge is 0.433 e. The molecule has 8 heteroatoms. The van der Waals surface area contributed by atoms with Crippen LogP contribution in [-0.4, -0.2) is 19.7 Å². The number of benzene rings is 2. The van der Waals surface area contributed by atoms with Crippen molar-refractivity contribution in [1.82, 2.24) is 19.7 Å². The zero-order chi connectivity index (χ0) is 19.7. The number of halogens is 4. The number of rotatable bonds is 3. The SMILES string of the molecule is FC(F)(F)c1ccc(-c2nc(-c3cccc(Br)c3)nn2-c2ccccc2)cn1. The molecule has 0 aliphatic rings. The van der Waals surface area contributed by atoms with E-state index in [0.717, 1.165) is 28.0 Å². The van der Waals surface area contributed by atoms with Crippen LogP contribution in [0.1, 0.15) is 5.69 Å². The number of aromatic nitrogens is 4. The summed E-state index contributed by atoms with van der Waals surface area (Å²) in [6.45, 7) is 0. The highest BCUT2D eigenvalue weighted by molar-refractivity contribution is 9.10. The van der Waals surface area contributed by atoms with Gasteiger partial charge in [-0.05, 0) is 36.4 Å². The Bertz CT molecular complexity index is 1110. The highest BCUT2D eigenvalue weighted by atomic mass is 79.9. The Morgan fingerprint density at radius 1 is 0.857 bits per heavy atom. The third kappa shape index (κ3) is 3.68. The molecule has 140 valence electrons. The van der Waals surface area contributed by atoms with Crippen molar-refractivity contribution in [2.24, 2.45) is 0 Å². The molecule has 4 nitrogen and oxygen atoms in total. The lowest BCUT2D eigenvalue weighted by atomic mass is 10.2. The fourth-order valence-electron chi connectivity index (χ4n) is 2.69. The van der Waals surface area contributed by atoms with Crippen LogP contribution in [0.25, 0.3) is 28.5 Å². The minimum atomic E-state index is -4.49. The lowest BCUT2D eigenvalue weighted by Gasteiger charge is -2.08. The Labute approximate surface area is 166 Å². The van der Waals surface area contributed by atoms with Crippen LogP contribution in [0, 0.1) is 0 Å². The van der Waals surface area contributed by atoms with E-state index in [1.807, 2.05) is 54.6 Å². The van der Waals surface area contributed by atoms with Gasteiger partial charge < -0.3 is 0 Å². The molecular formula is C20H12BrF3N4. The lowest BCUT2D eigenvalue weighted by Crippen LogP contribution is -2.07. The van der Waals surface area contributed by atoms with Crippen LogP contribution in [0.4, 0.5) is 13.2 Å². The van der Waals surface area contributed by atoms with Crippen LogP contribution in [0.5, 0.6) is 0 Å². The molecule has 0 aliphatic heterocycles. The number of hydrogen-bond donors (Lipinski definition) is 0. The van der Waals surface area contributed by atoms with Crippen molar-refractivity contribution < 1.29 is 13.2 Å². The molecule has 4 aromatic rings. The Morgan fingerprint density at radius 3 is 2.29 bits per heavy atom. The zero-order valence-electron chi connectivity index (χ0n) is 14.2. The van der Waals surface area contributed by atoms with Gasteiger partial charge in [-0.15, -0.1) is 5.10 Å². The van der Waals surface area contributed by atoms with Crippen molar-refractivity contribution in [3.63, 3.8) is 0 Å². The van der Waals surface area contributed by atoms with E-state index in [9.17, 15) is 13.2 Å². The van der Waals surface area contributed by atoms with Crippen molar-refractivity contribution in [2.45, 2.75) is 6.18 Å². The topological polar surface area (TPSA) is 43.6 Å². The molecule has 4 rings (SSSR count). The summed E-state index contributed by atoms with van der Waals surface area (Å²) in [5, 5.41) is 4.57. The van der Waals surface area contributed by atoms with Crippen LogP contribution in [-0.2, 0) is 6.18 Å². The molecule has 0 aliphatic carbocycles. The molecule has 0 saturated carbocycles. The van der Waals surface area contributed by atoms with E-state index in [1.165, 1.54) is 6.07 Å². The van der Waals surface area contributed by atoms with E-state index in [1.54, 1.807) is 4.68 Å². The second-order valence-electron chi connectivity index (χ2n) is 5.95. The smallest absolute Gasteiger partial charge is 0.251 e. The van der Waals surface area contributed by atoms with Gasteiger partial charge in [0.25, 0.3) is 0 Å². The van der Waals surface area contributed by atoms with Crippen molar-refractivity contribution >= 4 is 15.9 Å². The summed E-state index contributed by atoms with van der Waals surface area (Å²) in [5.41, 5.74) is 1.01. The summed E-state index contributed by atoms with van der Waals surface area (Å²) in [6, 6.07) is 19.1. The standard InChI is InChI=1S/C20H12BrF3N4/c21-15-6-4-5-13(11-15)18-26-19(28(27-18)16-7-2-1-3-8-16)14-9-10-17(25-12-14)20(22,23)24/h1-12H. The van der Waals surface area contributed by atoms with Crippen LogP contribution in [0.3, 0.4) is 0 Å². The molecule has 0 bridgehead atoms. The van der Waals surface area contributed by atoms with E-state index in [0.29, 0.717) is 17.2 Å². The van der Waals surface area contributed by atoms with Gasteiger partial charge in [0.15, 0.2) is 11.6 Å². The predicted molar refractivity (Wildman–Crippen MR) is 103 cm³/mol. The second kappa shape index (κ2) is 7.20. The lowest BCUT2D eigenvalue weighted by molar-refractivity contribution is -0.141. The molecule has 0 atom stereocenters. The maximum Gasteiger partial charge on any atom is 0.433 e. The van der Waals surface area contributed by atoms with Gasteiger partial charge in [0.1, 0.15) is 5.69 Å². The summed E-state index contributed by atoms with van der Waals surface area (Å²) < 4.78 is 41.0. The summed E-state index contributed by atoms with van der Waals surface area (Å²) in [4.78, 5) is 8.11. The molecule has 2 heterocycles. The van der Waals surface area contributed by atoms with Crippen LogP contribution in [0.2, 0.25) is 0 Å². The molecule has 0 spiro atoms. The quantitative estimate of drug-likeness (QED) is 0.402. The van der Waals surface area contributed by atoms with Gasteiger partial charge in [0.2, 0.25) is 0 Å². The molecule has 0 fully saturated rings. The number of para-hydroxylation sites is 1. The maximum atomic E-state index is 12.8. The summed E-state index contributed by atoms with van der Waals surface area (Å²) in [7, 11) is 0. The minimum absolute atomic E-state index is 0.405. The van der Waals surface area contributed by atoms with Crippen molar-refractivity contribution in [3.8, 4) is 28.5 Å². The predicted octanol–water partition coefficient (Wildman–Crippen LogP) is 5.78. The molecule has 0 radical (unpaired) electrons. The molecular weight excluding hydrogens is 433 g/mol. The third-order valence-electron chi connectivity index (χ3n) is 4.00. The monoisotopic (exact) mass is 444 g/mol. The van der Waals surface area contributed by atoms with Gasteiger partial charge in [-0.3, -0.25) is 4.98 Å². The van der Waals surface area contributed by atoms with Gasteiger partial charge >= 0.3 is 6.18 Å². The molecule has 0 unspecified atom stereocenters. The maximum absolute atomic E-state index is 12.8. The first-order valence-electron chi connectivity index (χ1n) is 8.24. The van der Waals surface area contributed by atoms with Crippen LogP contribution >= 0.6 is 15.9 Å². The Kier molecular flexibility index (Phi) is 4.72. The zero-order valence-corrected chi connectivity index (χ0v) is 15.8. The first-order valence-corrected chi connectivity index (χ1v) is 9.03. The van der Waals surface area contributed by atoms with Crippen LogP contribution in [0.15, 0.2) is 77.4 Å². The minimum Gasteiger partial charge on any atom is -0.251 e. The van der Waals surface area contributed by atoms with Crippen molar-refractivity contribution in [3.05, 3.63) is 83.1 Å².